The fourth-order valence-corrected chi connectivity index (χ4v) is 4.15. The van der Waals surface area contributed by atoms with Crippen LogP contribution >= 0.6 is 0 Å². The number of rotatable bonds is 7. The Morgan fingerprint density at radius 3 is 1.77 bits per heavy atom. The Kier molecular flexibility index (Phi) is 8.03. The molecule has 3 N–H and O–H groups in total. The van der Waals surface area contributed by atoms with Crippen LogP contribution in [0.4, 0.5) is 5.69 Å². The molecule has 0 fully saturated rings. The summed E-state index contributed by atoms with van der Waals surface area (Å²) in [5.41, 5.74) is 3.02. The molecular formula is C32H28N2O5. The zero-order valence-electron chi connectivity index (χ0n) is 21.5. The van der Waals surface area contributed by atoms with Gasteiger partial charge in [-0.25, -0.2) is 5.01 Å². The maximum absolute atomic E-state index is 13.9. The highest BCUT2D eigenvalue weighted by Crippen LogP contribution is 2.32. The molecule has 0 aliphatic heterocycles. The molecule has 0 unspecified atom stereocenters. The molecular weight excluding hydrogens is 492 g/mol. The van der Waals surface area contributed by atoms with Crippen molar-refractivity contribution >= 4 is 29.0 Å². The number of carbonyl (C=O) groups is 3. The summed E-state index contributed by atoms with van der Waals surface area (Å²) in [6, 6.07) is 30.1. The number of nitrogens with zero attached hydrogens (tertiary/aromatic N) is 1. The summed E-state index contributed by atoms with van der Waals surface area (Å²) >= 11 is 0. The van der Waals surface area contributed by atoms with Crippen LogP contribution in [0.5, 0.6) is 0 Å². The number of anilines is 1. The van der Waals surface area contributed by atoms with E-state index in [0.717, 1.165) is 22.2 Å². The van der Waals surface area contributed by atoms with Crippen molar-refractivity contribution in [3.63, 3.8) is 0 Å². The van der Waals surface area contributed by atoms with Crippen molar-refractivity contribution in [1.29, 1.82) is 0 Å². The number of ketones is 1. The summed E-state index contributed by atoms with van der Waals surface area (Å²) in [5, 5.41) is 23.2. The molecule has 4 aromatic rings. The lowest BCUT2D eigenvalue weighted by Gasteiger charge is -2.32. The minimum Gasteiger partial charge on any atom is -0.507 e. The van der Waals surface area contributed by atoms with Gasteiger partial charge in [0.25, 0.3) is 5.91 Å². The first-order valence-corrected chi connectivity index (χ1v) is 12.3. The predicted octanol–water partition coefficient (Wildman–Crippen LogP) is 4.77. The third kappa shape index (κ3) is 5.95. The number of amides is 2. The van der Waals surface area contributed by atoms with Gasteiger partial charge in [0.05, 0.1) is 5.69 Å². The van der Waals surface area contributed by atoms with Crippen molar-refractivity contribution in [2.75, 3.05) is 5.01 Å². The normalized spacial score (nSPS) is 11.5. The average Bonchev–Trinajstić information content (AvgIpc) is 2.95. The number of aliphatic hydroxyl groups excluding tert-OH is 1. The lowest BCUT2D eigenvalue weighted by atomic mass is 9.84. The Balaban J connectivity index is 1.75. The van der Waals surface area contributed by atoms with Crippen LogP contribution in [-0.2, 0) is 20.0 Å². The first-order valence-electron chi connectivity index (χ1n) is 12.3. The van der Waals surface area contributed by atoms with Crippen LogP contribution in [0.25, 0.3) is 5.76 Å². The van der Waals surface area contributed by atoms with Crippen molar-refractivity contribution in [2.45, 2.75) is 19.4 Å². The molecule has 7 nitrogen and oxygen atoms in total. The number of aryl methyl sites for hydroxylation is 2. The van der Waals surface area contributed by atoms with Gasteiger partial charge in [0, 0.05) is 11.6 Å². The van der Waals surface area contributed by atoms with E-state index in [4.69, 9.17) is 0 Å². The monoisotopic (exact) mass is 520 g/mol. The fourth-order valence-electron chi connectivity index (χ4n) is 4.15. The molecule has 0 atom stereocenters. The molecule has 196 valence electrons. The predicted molar refractivity (Wildman–Crippen MR) is 149 cm³/mol. The lowest BCUT2D eigenvalue weighted by molar-refractivity contribution is -0.140. The molecule has 0 saturated carbocycles. The second-order valence-electron chi connectivity index (χ2n) is 9.13. The zero-order chi connectivity index (χ0) is 28.0. The Morgan fingerprint density at radius 2 is 1.26 bits per heavy atom. The van der Waals surface area contributed by atoms with E-state index < -0.39 is 29.0 Å². The van der Waals surface area contributed by atoms with E-state index >= 15 is 0 Å². The summed E-state index contributed by atoms with van der Waals surface area (Å²) in [5.74, 6) is -3.55. The number of aliphatic hydroxyl groups is 2. The second kappa shape index (κ2) is 11.6. The molecule has 0 radical (unpaired) electrons. The number of benzene rings is 4. The van der Waals surface area contributed by atoms with Crippen LogP contribution in [0.1, 0.15) is 27.8 Å². The van der Waals surface area contributed by atoms with Crippen LogP contribution in [0.2, 0.25) is 0 Å². The Hall–Kier alpha value is -5.01. The molecule has 0 bridgehead atoms. The Morgan fingerprint density at radius 1 is 0.744 bits per heavy atom. The van der Waals surface area contributed by atoms with Gasteiger partial charge in [-0.15, -0.1) is 0 Å². The van der Waals surface area contributed by atoms with Gasteiger partial charge < -0.3 is 10.2 Å². The molecule has 2 amide bonds. The highest BCUT2D eigenvalue weighted by atomic mass is 16.3. The summed E-state index contributed by atoms with van der Waals surface area (Å²) in [7, 11) is 0. The minimum absolute atomic E-state index is 0.188. The molecule has 0 spiro atoms. The topological polar surface area (TPSA) is 107 Å². The van der Waals surface area contributed by atoms with E-state index in [1.165, 1.54) is 12.1 Å². The summed E-state index contributed by atoms with van der Waals surface area (Å²) in [6.45, 7) is 3.67. The SMILES string of the molecule is Cc1cccc(C(O)(C(=O)NN(C(=O)C(=O)/C=C(\O)c2ccccc2)c2ccccc2)c2cccc(C)c2)c1. The fraction of sp³-hybridized carbons (Fsp3) is 0.0938. The van der Waals surface area contributed by atoms with Gasteiger partial charge in [-0.1, -0.05) is 108 Å². The zero-order valence-corrected chi connectivity index (χ0v) is 21.5. The smallest absolute Gasteiger partial charge is 0.317 e. The van der Waals surface area contributed by atoms with E-state index in [9.17, 15) is 24.6 Å². The second-order valence-corrected chi connectivity index (χ2v) is 9.13. The Labute approximate surface area is 226 Å². The maximum atomic E-state index is 13.9. The van der Waals surface area contributed by atoms with Crippen LogP contribution in [-0.4, -0.2) is 27.8 Å². The summed E-state index contributed by atoms with van der Waals surface area (Å²) < 4.78 is 0. The number of nitrogens with one attached hydrogen (secondary N) is 1. The molecule has 0 aliphatic carbocycles. The van der Waals surface area contributed by atoms with Gasteiger partial charge in [-0.05, 0) is 37.1 Å². The highest BCUT2D eigenvalue weighted by Gasteiger charge is 2.42. The molecule has 0 heterocycles. The maximum Gasteiger partial charge on any atom is 0.317 e. The van der Waals surface area contributed by atoms with Gasteiger partial charge >= 0.3 is 5.91 Å². The van der Waals surface area contributed by atoms with Crippen molar-refractivity contribution < 1.29 is 24.6 Å². The third-order valence-electron chi connectivity index (χ3n) is 6.18. The number of hydrazine groups is 1. The van der Waals surface area contributed by atoms with Crippen LogP contribution in [0, 0.1) is 13.8 Å². The number of hydrogen-bond acceptors (Lipinski definition) is 5. The summed E-state index contributed by atoms with van der Waals surface area (Å²) in [4.78, 5) is 40.3. The van der Waals surface area contributed by atoms with Gasteiger partial charge in [0.2, 0.25) is 5.78 Å². The molecule has 0 aliphatic rings. The van der Waals surface area contributed by atoms with Gasteiger partial charge in [0.1, 0.15) is 5.76 Å². The molecule has 39 heavy (non-hydrogen) atoms. The number of para-hydroxylation sites is 1. The van der Waals surface area contributed by atoms with Crippen LogP contribution in [0.3, 0.4) is 0 Å². The van der Waals surface area contributed by atoms with Crippen LogP contribution < -0.4 is 10.4 Å². The van der Waals surface area contributed by atoms with Crippen LogP contribution in [0.15, 0.2) is 115 Å². The van der Waals surface area contributed by atoms with Crippen molar-refractivity contribution in [2.24, 2.45) is 0 Å². The van der Waals surface area contributed by atoms with Crippen molar-refractivity contribution in [3.05, 3.63) is 143 Å². The molecule has 4 aromatic carbocycles. The van der Waals surface area contributed by atoms with E-state index in [0.29, 0.717) is 16.7 Å². The third-order valence-corrected chi connectivity index (χ3v) is 6.18. The average molecular weight is 521 g/mol. The number of carbonyl (C=O) groups excluding carboxylic acids is 3. The van der Waals surface area contributed by atoms with Crippen molar-refractivity contribution in [3.8, 4) is 0 Å². The molecule has 0 aromatic heterocycles. The van der Waals surface area contributed by atoms with E-state index in [1.807, 2.05) is 26.0 Å². The largest absolute Gasteiger partial charge is 0.507 e. The lowest BCUT2D eigenvalue weighted by Crippen LogP contribution is -2.56. The van der Waals surface area contributed by atoms with Gasteiger partial charge in [0.15, 0.2) is 5.60 Å². The van der Waals surface area contributed by atoms with E-state index in [1.54, 1.807) is 84.9 Å². The Bertz CT molecular complexity index is 1490. The molecule has 7 heteroatoms. The minimum atomic E-state index is -2.20. The first kappa shape index (κ1) is 27.0. The quantitative estimate of drug-likeness (QED) is 0.141. The molecule has 4 rings (SSSR count). The first-order chi connectivity index (χ1) is 18.7. The van der Waals surface area contributed by atoms with E-state index in [-0.39, 0.29) is 5.69 Å². The standard InChI is InChI=1S/C32H28N2O5/c1-22-11-9-15-25(19-22)32(39,26-16-10-12-23(2)20-26)31(38)33-34(27-17-7-4-8-18-27)30(37)29(36)21-28(35)24-13-5-3-6-14-24/h3-21,35,39H,1-2H3,(H,33,38)/b28-21-. The van der Waals surface area contributed by atoms with E-state index in [2.05, 4.69) is 5.43 Å². The van der Waals surface area contributed by atoms with Gasteiger partial charge in [-0.2, -0.15) is 0 Å². The van der Waals surface area contributed by atoms with Gasteiger partial charge in [-0.3, -0.25) is 19.8 Å². The highest BCUT2D eigenvalue weighted by molar-refractivity contribution is 6.46. The molecule has 0 saturated heterocycles. The summed E-state index contributed by atoms with van der Waals surface area (Å²) in [6.07, 6.45) is 0.799. The number of hydrogen-bond donors (Lipinski definition) is 3. The van der Waals surface area contributed by atoms with Crippen molar-refractivity contribution in [1.82, 2.24) is 5.43 Å².